The number of aryl methyl sites for hydroxylation is 2. The largest absolute Gasteiger partial charge is 0.493 e. The molecule has 1 heterocycles. The maximum Gasteiger partial charge on any atom is 0.226 e. The number of nitrogens with two attached hydrogens (primary N) is 1. The van der Waals surface area contributed by atoms with Gasteiger partial charge in [-0.05, 0) is 44.7 Å². The van der Waals surface area contributed by atoms with Crippen molar-refractivity contribution in [2.24, 2.45) is 5.73 Å². The van der Waals surface area contributed by atoms with Crippen LogP contribution in [0.5, 0.6) is 5.75 Å². The van der Waals surface area contributed by atoms with Gasteiger partial charge in [-0.3, -0.25) is 9.59 Å². The van der Waals surface area contributed by atoms with Gasteiger partial charge in [0.15, 0.2) is 0 Å². The lowest BCUT2D eigenvalue weighted by Gasteiger charge is -2.36. The number of hydrogen-bond acceptors (Lipinski definition) is 4. The molecule has 7 heteroatoms. The van der Waals surface area contributed by atoms with Crippen molar-refractivity contribution in [3.63, 3.8) is 0 Å². The van der Waals surface area contributed by atoms with Gasteiger partial charge in [-0.1, -0.05) is 17.7 Å². The third-order valence-electron chi connectivity index (χ3n) is 4.76. The predicted octanol–water partition coefficient (Wildman–Crippen LogP) is 2.34. The number of piperidine rings is 1. The van der Waals surface area contributed by atoms with Crippen molar-refractivity contribution < 1.29 is 14.3 Å². The molecule has 3 N–H and O–H groups in total. The number of carbonyl (C=O) groups excluding carboxylic acids is 2. The van der Waals surface area contributed by atoms with E-state index >= 15 is 0 Å². The summed E-state index contributed by atoms with van der Waals surface area (Å²) in [6, 6.07) is 6.10. The van der Waals surface area contributed by atoms with E-state index in [0.29, 0.717) is 32.5 Å². The van der Waals surface area contributed by atoms with Gasteiger partial charge >= 0.3 is 0 Å². The molecule has 1 atom stereocenters. The molecule has 0 bridgehead atoms. The molecule has 6 nitrogen and oxygen atoms in total. The van der Waals surface area contributed by atoms with Crippen LogP contribution < -0.4 is 15.8 Å². The molecule has 0 aromatic heterocycles. The van der Waals surface area contributed by atoms with E-state index in [9.17, 15) is 9.59 Å². The Morgan fingerprint density at radius 2 is 2.04 bits per heavy atom. The second-order valence-electron chi connectivity index (χ2n) is 6.95. The maximum atomic E-state index is 12.6. The zero-order valence-electron chi connectivity index (χ0n) is 16.3. The minimum atomic E-state index is -0.0522. The number of carbonyl (C=O) groups is 2. The van der Waals surface area contributed by atoms with E-state index in [0.717, 1.165) is 37.1 Å². The van der Waals surface area contributed by atoms with Crippen LogP contribution in [0.4, 0.5) is 0 Å². The van der Waals surface area contributed by atoms with Gasteiger partial charge in [0, 0.05) is 32.1 Å². The van der Waals surface area contributed by atoms with E-state index < -0.39 is 0 Å². The van der Waals surface area contributed by atoms with Gasteiger partial charge in [-0.25, -0.2) is 0 Å². The number of halogens is 1. The molecule has 1 unspecified atom stereocenters. The van der Waals surface area contributed by atoms with E-state index in [-0.39, 0.29) is 30.3 Å². The second kappa shape index (κ2) is 11.8. The number of nitrogens with zero attached hydrogens (tertiary/aromatic N) is 1. The minimum absolute atomic E-state index is 0. The number of nitrogens with one attached hydrogen (secondary N) is 1. The average Bonchev–Trinajstić information content (AvgIpc) is 2.62. The lowest BCUT2D eigenvalue weighted by atomic mass is 10.0. The molecule has 1 aromatic carbocycles. The normalized spacial score (nSPS) is 16.4. The molecule has 1 aliphatic rings. The maximum absolute atomic E-state index is 12.6. The first-order valence-electron chi connectivity index (χ1n) is 9.47. The van der Waals surface area contributed by atoms with Crippen LogP contribution in [-0.2, 0) is 9.59 Å². The molecule has 2 rings (SSSR count). The highest BCUT2D eigenvalue weighted by atomic mass is 35.5. The average molecular weight is 398 g/mol. The molecule has 2 amide bonds. The first kappa shape index (κ1) is 23.2. The van der Waals surface area contributed by atoms with Crippen LogP contribution in [0.1, 0.15) is 43.2 Å². The van der Waals surface area contributed by atoms with E-state index in [1.165, 1.54) is 5.56 Å². The van der Waals surface area contributed by atoms with Crippen molar-refractivity contribution in [2.75, 3.05) is 26.2 Å². The zero-order chi connectivity index (χ0) is 18.9. The van der Waals surface area contributed by atoms with Crippen molar-refractivity contribution >= 4 is 24.2 Å². The quantitative estimate of drug-likeness (QED) is 0.705. The molecule has 1 fully saturated rings. The van der Waals surface area contributed by atoms with E-state index in [1.54, 1.807) is 0 Å². The number of ether oxygens (including phenoxy) is 1. The lowest BCUT2D eigenvalue weighted by molar-refractivity contribution is -0.136. The zero-order valence-corrected chi connectivity index (χ0v) is 17.1. The molecule has 0 spiro atoms. The first-order chi connectivity index (χ1) is 12.5. The second-order valence-corrected chi connectivity index (χ2v) is 6.95. The SMILES string of the molecule is Cc1ccc(OCCC(=O)N2CCCCC2CNC(=O)CCN)c(C)c1.Cl. The standard InChI is InChI=1S/C20H31N3O3.ClH/c1-15-6-7-18(16(2)13-15)26-12-9-20(25)23-11-4-3-5-17(23)14-22-19(24)8-10-21;/h6-7,13,17H,3-5,8-12,14,21H2,1-2H3,(H,22,24);1H. The Balaban J connectivity index is 0.00000364. The highest BCUT2D eigenvalue weighted by Crippen LogP contribution is 2.20. The van der Waals surface area contributed by atoms with Gasteiger partial charge in [-0.15, -0.1) is 12.4 Å². The number of benzene rings is 1. The number of likely N-dealkylation sites (tertiary alicyclic amines) is 1. The molecule has 0 radical (unpaired) electrons. The van der Waals surface area contributed by atoms with Gasteiger partial charge in [0.05, 0.1) is 13.0 Å². The predicted molar refractivity (Wildman–Crippen MR) is 109 cm³/mol. The smallest absolute Gasteiger partial charge is 0.226 e. The van der Waals surface area contributed by atoms with E-state index in [1.807, 2.05) is 30.9 Å². The summed E-state index contributed by atoms with van der Waals surface area (Å²) in [4.78, 5) is 26.2. The van der Waals surface area contributed by atoms with Crippen LogP contribution in [0.3, 0.4) is 0 Å². The molecule has 152 valence electrons. The summed E-state index contributed by atoms with van der Waals surface area (Å²) >= 11 is 0. The van der Waals surface area contributed by atoms with Crippen LogP contribution in [0.25, 0.3) is 0 Å². The lowest BCUT2D eigenvalue weighted by Crippen LogP contribution is -2.49. The van der Waals surface area contributed by atoms with Crippen LogP contribution in [0.15, 0.2) is 18.2 Å². The van der Waals surface area contributed by atoms with Crippen molar-refractivity contribution in [3.05, 3.63) is 29.3 Å². The molecule has 1 aliphatic heterocycles. The molecule has 0 saturated carbocycles. The molecular weight excluding hydrogens is 366 g/mol. The van der Waals surface area contributed by atoms with Crippen LogP contribution in [0, 0.1) is 13.8 Å². The third kappa shape index (κ3) is 7.39. The van der Waals surface area contributed by atoms with Crippen LogP contribution in [-0.4, -0.2) is 49.0 Å². The summed E-state index contributed by atoms with van der Waals surface area (Å²) in [5, 5.41) is 2.89. The number of rotatable bonds is 8. The topological polar surface area (TPSA) is 84.7 Å². The summed E-state index contributed by atoms with van der Waals surface area (Å²) < 4.78 is 5.79. The van der Waals surface area contributed by atoms with Gasteiger partial charge < -0.3 is 20.7 Å². The summed E-state index contributed by atoms with van der Waals surface area (Å²) in [6.07, 6.45) is 3.69. The van der Waals surface area contributed by atoms with Crippen molar-refractivity contribution in [3.8, 4) is 5.75 Å². The molecular formula is C20H32ClN3O3. The highest BCUT2D eigenvalue weighted by Gasteiger charge is 2.26. The van der Waals surface area contributed by atoms with E-state index in [4.69, 9.17) is 10.5 Å². The summed E-state index contributed by atoms with van der Waals surface area (Å²) in [6.45, 7) is 6.01. The number of hydrogen-bond donors (Lipinski definition) is 2. The number of amides is 2. The Hall–Kier alpha value is -1.79. The fourth-order valence-electron chi connectivity index (χ4n) is 3.35. The Kier molecular flexibility index (Phi) is 10.2. The summed E-state index contributed by atoms with van der Waals surface area (Å²) in [5.74, 6) is 0.865. The Labute approximate surface area is 168 Å². The van der Waals surface area contributed by atoms with Crippen molar-refractivity contribution in [1.82, 2.24) is 10.2 Å². The Bertz CT molecular complexity index is 624. The monoisotopic (exact) mass is 397 g/mol. The summed E-state index contributed by atoms with van der Waals surface area (Å²) in [7, 11) is 0. The van der Waals surface area contributed by atoms with Gasteiger partial charge in [-0.2, -0.15) is 0 Å². The van der Waals surface area contributed by atoms with Gasteiger partial charge in [0.2, 0.25) is 11.8 Å². The molecule has 0 aliphatic carbocycles. The fraction of sp³-hybridized carbons (Fsp3) is 0.600. The minimum Gasteiger partial charge on any atom is -0.493 e. The van der Waals surface area contributed by atoms with Gasteiger partial charge in [0.1, 0.15) is 5.75 Å². The van der Waals surface area contributed by atoms with Crippen LogP contribution >= 0.6 is 12.4 Å². The van der Waals surface area contributed by atoms with Crippen molar-refractivity contribution in [2.45, 2.75) is 52.0 Å². The Morgan fingerprint density at radius 1 is 1.26 bits per heavy atom. The van der Waals surface area contributed by atoms with Crippen molar-refractivity contribution in [1.29, 1.82) is 0 Å². The molecule has 1 saturated heterocycles. The molecule has 1 aromatic rings. The van der Waals surface area contributed by atoms with E-state index in [2.05, 4.69) is 11.4 Å². The van der Waals surface area contributed by atoms with Crippen LogP contribution in [0.2, 0.25) is 0 Å². The summed E-state index contributed by atoms with van der Waals surface area (Å²) in [5.41, 5.74) is 7.67. The Morgan fingerprint density at radius 3 is 2.74 bits per heavy atom. The first-order valence-corrected chi connectivity index (χ1v) is 9.47. The third-order valence-corrected chi connectivity index (χ3v) is 4.76. The highest BCUT2D eigenvalue weighted by molar-refractivity contribution is 5.85. The fourth-order valence-corrected chi connectivity index (χ4v) is 3.35. The van der Waals surface area contributed by atoms with Gasteiger partial charge in [0.25, 0.3) is 0 Å². The molecule has 27 heavy (non-hydrogen) atoms.